The Bertz CT molecular complexity index is 589. The zero-order chi connectivity index (χ0) is 13.7. The second-order valence-electron chi connectivity index (χ2n) is 3.93. The van der Waals surface area contributed by atoms with E-state index >= 15 is 0 Å². The maximum atomic E-state index is 13.4. The van der Waals surface area contributed by atoms with Crippen LogP contribution in [0.2, 0.25) is 0 Å². The topological polar surface area (TPSA) is 39.2 Å². The van der Waals surface area contributed by atoms with Crippen molar-refractivity contribution in [3.05, 3.63) is 58.6 Å². The van der Waals surface area contributed by atoms with Crippen molar-refractivity contribution in [3.8, 4) is 5.75 Å². The predicted octanol–water partition coefficient (Wildman–Crippen LogP) is 3.17. The number of nitrogens with zero attached hydrogens (tertiary/aromatic N) is 1. The molecule has 0 bridgehead atoms. The molecule has 0 amide bonds. The lowest BCUT2D eigenvalue weighted by molar-refractivity contribution is -0.120. The number of hydrogen-bond donors (Lipinski definition) is 0. The van der Waals surface area contributed by atoms with Gasteiger partial charge in [-0.3, -0.25) is 9.78 Å². The predicted molar refractivity (Wildman–Crippen MR) is 72.5 cm³/mol. The molecular weight excluding hydrogens is 313 g/mol. The van der Waals surface area contributed by atoms with Gasteiger partial charge in [0.15, 0.2) is 5.78 Å². The second kappa shape index (κ2) is 6.43. The van der Waals surface area contributed by atoms with Crippen LogP contribution in [-0.4, -0.2) is 17.4 Å². The van der Waals surface area contributed by atoms with E-state index < -0.39 is 0 Å². The summed E-state index contributed by atoms with van der Waals surface area (Å²) in [4.78, 5) is 15.6. The van der Waals surface area contributed by atoms with Gasteiger partial charge in [-0.2, -0.15) is 0 Å². The molecule has 0 unspecified atom stereocenters. The van der Waals surface area contributed by atoms with E-state index in [0.29, 0.717) is 11.3 Å². The number of pyridine rings is 1. The molecule has 0 aliphatic heterocycles. The number of aromatic nitrogens is 1. The number of carbonyl (C=O) groups excluding carboxylic acids is 1. The fourth-order valence-electron chi connectivity index (χ4n) is 1.54. The number of rotatable bonds is 5. The first kappa shape index (κ1) is 13.7. The van der Waals surface area contributed by atoms with Crippen LogP contribution in [0.4, 0.5) is 4.39 Å². The Balaban J connectivity index is 1.90. The normalized spacial score (nSPS) is 10.2. The van der Waals surface area contributed by atoms with Crippen molar-refractivity contribution >= 4 is 21.7 Å². The van der Waals surface area contributed by atoms with Crippen molar-refractivity contribution in [2.75, 3.05) is 6.61 Å². The van der Waals surface area contributed by atoms with Crippen LogP contribution in [0.15, 0.2) is 47.2 Å². The van der Waals surface area contributed by atoms with Crippen LogP contribution >= 0.6 is 15.9 Å². The van der Waals surface area contributed by atoms with Crippen LogP contribution in [-0.2, 0) is 11.2 Å². The lowest BCUT2D eigenvalue weighted by Crippen LogP contribution is -2.14. The molecule has 0 fully saturated rings. The summed E-state index contributed by atoms with van der Waals surface area (Å²) in [6, 6.07) is 7.93. The van der Waals surface area contributed by atoms with E-state index in [-0.39, 0.29) is 24.6 Å². The number of carbonyl (C=O) groups is 1. The van der Waals surface area contributed by atoms with Gasteiger partial charge in [-0.05, 0) is 33.6 Å². The van der Waals surface area contributed by atoms with Gasteiger partial charge >= 0.3 is 0 Å². The van der Waals surface area contributed by atoms with Gasteiger partial charge in [-0.1, -0.05) is 18.2 Å². The molecule has 1 heterocycles. The number of hydrogen-bond acceptors (Lipinski definition) is 3. The maximum absolute atomic E-state index is 13.4. The number of halogens is 2. The third-order valence-corrected chi connectivity index (χ3v) is 2.86. The molecule has 0 aliphatic carbocycles. The van der Waals surface area contributed by atoms with Crippen LogP contribution in [0.1, 0.15) is 5.56 Å². The zero-order valence-electron chi connectivity index (χ0n) is 9.98. The van der Waals surface area contributed by atoms with Crippen molar-refractivity contribution in [1.29, 1.82) is 0 Å². The van der Waals surface area contributed by atoms with Gasteiger partial charge in [-0.15, -0.1) is 0 Å². The van der Waals surface area contributed by atoms with Gasteiger partial charge in [0.05, 0.1) is 6.20 Å². The van der Waals surface area contributed by atoms with E-state index in [1.807, 2.05) is 0 Å². The van der Waals surface area contributed by atoms with Gasteiger partial charge in [-0.25, -0.2) is 4.39 Å². The Morgan fingerprint density at radius 3 is 2.84 bits per heavy atom. The summed E-state index contributed by atoms with van der Waals surface area (Å²) in [7, 11) is 0. The smallest absolute Gasteiger partial charge is 0.174 e. The maximum Gasteiger partial charge on any atom is 0.174 e. The lowest BCUT2D eigenvalue weighted by atomic mass is 10.1. The molecule has 0 N–H and O–H groups in total. The highest BCUT2D eigenvalue weighted by Crippen LogP contribution is 2.16. The first-order valence-electron chi connectivity index (χ1n) is 5.63. The number of benzene rings is 1. The Kier molecular flexibility index (Phi) is 4.63. The monoisotopic (exact) mass is 323 g/mol. The molecule has 1 aromatic carbocycles. The first-order valence-corrected chi connectivity index (χ1v) is 6.43. The van der Waals surface area contributed by atoms with Crippen molar-refractivity contribution in [1.82, 2.24) is 4.98 Å². The Morgan fingerprint density at radius 1 is 1.32 bits per heavy atom. The quantitative estimate of drug-likeness (QED) is 0.848. The van der Waals surface area contributed by atoms with Gasteiger partial charge in [0, 0.05) is 17.1 Å². The van der Waals surface area contributed by atoms with E-state index in [1.54, 1.807) is 30.5 Å². The van der Waals surface area contributed by atoms with Crippen molar-refractivity contribution in [3.63, 3.8) is 0 Å². The van der Waals surface area contributed by atoms with Gasteiger partial charge in [0.1, 0.15) is 18.2 Å². The minimum Gasteiger partial charge on any atom is -0.484 e. The minimum absolute atomic E-state index is 0.0219. The van der Waals surface area contributed by atoms with E-state index in [4.69, 9.17) is 4.74 Å². The van der Waals surface area contributed by atoms with Gasteiger partial charge < -0.3 is 4.74 Å². The molecule has 2 rings (SSSR count). The molecular formula is C14H11BrFNO2. The summed E-state index contributed by atoms with van der Waals surface area (Å²) in [5.74, 6) is -0.0682. The van der Waals surface area contributed by atoms with Crippen LogP contribution < -0.4 is 4.74 Å². The van der Waals surface area contributed by atoms with Crippen molar-refractivity contribution < 1.29 is 13.9 Å². The van der Waals surface area contributed by atoms with E-state index in [9.17, 15) is 9.18 Å². The Morgan fingerprint density at radius 2 is 2.11 bits per heavy atom. The molecule has 3 nitrogen and oxygen atoms in total. The van der Waals surface area contributed by atoms with E-state index in [1.165, 1.54) is 12.3 Å². The fraction of sp³-hybridized carbons (Fsp3) is 0.143. The van der Waals surface area contributed by atoms with Crippen molar-refractivity contribution in [2.45, 2.75) is 6.42 Å². The average molecular weight is 324 g/mol. The zero-order valence-corrected chi connectivity index (χ0v) is 11.6. The lowest BCUT2D eigenvalue weighted by Gasteiger charge is -2.06. The Hall–Kier alpha value is -1.75. The molecule has 5 heteroatoms. The Labute approximate surface area is 118 Å². The number of ether oxygens (including phenoxy) is 1. The van der Waals surface area contributed by atoms with Crippen molar-refractivity contribution in [2.24, 2.45) is 0 Å². The molecule has 0 aliphatic rings. The van der Waals surface area contributed by atoms with Crippen LogP contribution in [0.3, 0.4) is 0 Å². The third-order valence-electron chi connectivity index (χ3n) is 2.43. The molecule has 0 radical (unpaired) electrons. The second-order valence-corrected chi connectivity index (χ2v) is 4.85. The summed E-state index contributed by atoms with van der Waals surface area (Å²) in [5, 5.41) is 0. The highest BCUT2D eigenvalue weighted by atomic mass is 79.9. The van der Waals surface area contributed by atoms with E-state index in [0.717, 1.165) is 4.47 Å². The summed E-state index contributed by atoms with van der Waals surface area (Å²) >= 11 is 3.26. The number of Topliss-reactive ketones (excluding diaryl/α,β-unsaturated/α-hetero) is 1. The van der Waals surface area contributed by atoms with Crippen LogP contribution in [0, 0.1) is 5.82 Å². The average Bonchev–Trinajstić information content (AvgIpc) is 2.39. The number of ketones is 1. The molecule has 98 valence electrons. The molecule has 0 saturated carbocycles. The summed E-state index contributed by atoms with van der Waals surface area (Å²) in [5.41, 5.74) is 0.378. The first-order chi connectivity index (χ1) is 9.15. The third kappa shape index (κ3) is 4.13. The molecule has 1 aromatic heterocycles. The molecule has 0 atom stereocenters. The molecule has 2 aromatic rings. The highest BCUT2D eigenvalue weighted by Gasteiger charge is 2.08. The summed E-state index contributed by atoms with van der Waals surface area (Å²) < 4.78 is 19.4. The van der Waals surface area contributed by atoms with Gasteiger partial charge in [0.2, 0.25) is 0 Å². The highest BCUT2D eigenvalue weighted by molar-refractivity contribution is 9.10. The molecule has 0 saturated heterocycles. The van der Waals surface area contributed by atoms with Crippen LogP contribution in [0.5, 0.6) is 5.75 Å². The largest absolute Gasteiger partial charge is 0.484 e. The standard InChI is InChI=1S/C14H11BrFNO2/c15-11-6-13(8-17-7-11)19-9-12(18)5-10-3-1-2-4-14(10)16/h1-4,6-8H,5,9H2. The van der Waals surface area contributed by atoms with Crippen LogP contribution in [0.25, 0.3) is 0 Å². The van der Waals surface area contributed by atoms with Gasteiger partial charge in [0.25, 0.3) is 0 Å². The molecule has 0 spiro atoms. The summed E-state index contributed by atoms with van der Waals surface area (Å²) in [6.45, 7) is -0.105. The SMILES string of the molecule is O=C(COc1cncc(Br)c1)Cc1ccccc1F. The fourth-order valence-corrected chi connectivity index (χ4v) is 1.88. The van der Waals surface area contributed by atoms with E-state index in [2.05, 4.69) is 20.9 Å². The molecule has 19 heavy (non-hydrogen) atoms. The summed E-state index contributed by atoms with van der Waals surface area (Å²) in [6.07, 6.45) is 3.16. The minimum atomic E-state index is -0.375.